The second-order valence-electron chi connectivity index (χ2n) is 4.62. The van der Waals surface area contributed by atoms with Crippen LogP contribution in [0.4, 0.5) is 8.78 Å². The van der Waals surface area contributed by atoms with Gasteiger partial charge in [0.2, 0.25) is 0 Å². The molecule has 0 fully saturated rings. The van der Waals surface area contributed by atoms with Crippen LogP contribution in [0.25, 0.3) is 0 Å². The van der Waals surface area contributed by atoms with Crippen molar-refractivity contribution in [3.63, 3.8) is 0 Å². The van der Waals surface area contributed by atoms with Crippen molar-refractivity contribution < 1.29 is 13.2 Å². The van der Waals surface area contributed by atoms with Crippen LogP contribution in [0.15, 0.2) is 22.6 Å². The second-order valence-corrected chi connectivity index (χ2v) is 5.73. The maximum absolute atomic E-state index is 13.6. The minimum Gasteiger partial charge on any atom is -0.466 e. The average molecular weight is 329 g/mol. The van der Waals surface area contributed by atoms with Gasteiger partial charge in [-0.15, -0.1) is 0 Å². The smallest absolute Gasteiger partial charge is 0.129 e. The molecule has 0 amide bonds. The zero-order valence-corrected chi connectivity index (χ0v) is 12.6. The topological polar surface area (TPSA) is 13.1 Å². The maximum Gasteiger partial charge on any atom is 0.129 e. The third-order valence-corrected chi connectivity index (χ3v) is 4.16. The molecular weight excluding hydrogens is 314 g/mol. The maximum atomic E-state index is 13.6. The standard InChI is InChI=1S/C15H15BrF2O/c1-8-9(2)19-10(3)15(8)12(16)7-11-13(17)5-4-6-14(11)18/h4-6,12H,7H2,1-3H3. The van der Waals surface area contributed by atoms with Gasteiger partial charge in [-0.1, -0.05) is 22.0 Å². The molecule has 0 saturated heterocycles. The van der Waals surface area contributed by atoms with Crippen molar-refractivity contribution in [2.75, 3.05) is 0 Å². The van der Waals surface area contributed by atoms with Gasteiger partial charge in [-0.3, -0.25) is 0 Å². The fraction of sp³-hybridized carbons (Fsp3) is 0.333. The summed E-state index contributed by atoms with van der Waals surface area (Å²) in [6, 6.07) is 3.92. The van der Waals surface area contributed by atoms with Crippen molar-refractivity contribution in [1.29, 1.82) is 0 Å². The van der Waals surface area contributed by atoms with Crippen molar-refractivity contribution in [3.05, 3.63) is 58.0 Å². The second kappa shape index (κ2) is 5.45. The van der Waals surface area contributed by atoms with Gasteiger partial charge in [-0.25, -0.2) is 8.78 Å². The first-order chi connectivity index (χ1) is 8.91. The van der Waals surface area contributed by atoms with Gasteiger partial charge in [0, 0.05) is 16.0 Å². The highest BCUT2D eigenvalue weighted by molar-refractivity contribution is 9.09. The summed E-state index contributed by atoms with van der Waals surface area (Å²) in [5.74, 6) is 0.597. The molecule has 0 aliphatic heterocycles. The van der Waals surface area contributed by atoms with Crippen LogP contribution in [-0.4, -0.2) is 0 Å². The summed E-state index contributed by atoms with van der Waals surface area (Å²) in [5, 5.41) is 0. The van der Waals surface area contributed by atoms with E-state index in [1.807, 2.05) is 20.8 Å². The van der Waals surface area contributed by atoms with E-state index in [0.717, 1.165) is 22.6 Å². The fourth-order valence-electron chi connectivity index (χ4n) is 2.28. The summed E-state index contributed by atoms with van der Waals surface area (Å²) in [6.45, 7) is 5.70. The first kappa shape index (κ1) is 14.3. The van der Waals surface area contributed by atoms with E-state index in [0.29, 0.717) is 0 Å². The Morgan fingerprint density at radius 1 is 1.11 bits per heavy atom. The van der Waals surface area contributed by atoms with Gasteiger partial charge in [-0.2, -0.15) is 0 Å². The molecule has 2 rings (SSSR count). The molecule has 1 aromatic carbocycles. The molecule has 0 aliphatic rings. The lowest BCUT2D eigenvalue weighted by Crippen LogP contribution is -2.02. The zero-order chi connectivity index (χ0) is 14.2. The molecule has 1 heterocycles. The van der Waals surface area contributed by atoms with E-state index in [-0.39, 0.29) is 16.8 Å². The number of hydrogen-bond donors (Lipinski definition) is 0. The highest BCUT2D eigenvalue weighted by Crippen LogP contribution is 2.35. The van der Waals surface area contributed by atoms with E-state index < -0.39 is 11.6 Å². The van der Waals surface area contributed by atoms with Gasteiger partial charge in [0.05, 0.1) is 0 Å². The number of alkyl halides is 1. The lowest BCUT2D eigenvalue weighted by atomic mass is 10.0. The van der Waals surface area contributed by atoms with Gasteiger partial charge in [0.25, 0.3) is 0 Å². The molecule has 0 saturated carbocycles. The van der Waals surface area contributed by atoms with Crippen molar-refractivity contribution in [1.82, 2.24) is 0 Å². The lowest BCUT2D eigenvalue weighted by molar-refractivity contribution is 0.498. The number of halogens is 3. The Morgan fingerprint density at radius 2 is 1.68 bits per heavy atom. The van der Waals surface area contributed by atoms with Crippen LogP contribution in [0.2, 0.25) is 0 Å². The number of benzene rings is 1. The Labute approximate surface area is 119 Å². The summed E-state index contributed by atoms with van der Waals surface area (Å²) in [7, 11) is 0. The van der Waals surface area contributed by atoms with Crippen molar-refractivity contribution in [2.45, 2.75) is 32.0 Å². The lowest BCUT2D eigenvalue weighted by Gasteiger charge is -2.12. The molecule has 102 valence electrons. The van der Waals surface area contributed by atoms with Crippen molar-refractivity contribution >= 4 is 15.9 Å². The van der Waals surface area contributed by atoms with E-state index in [1.165, 1.54) is 18.2 Å². The van der Waals surface area contributed by atoms with Crippen molar-refractivity contribution in [2.24, 2.45) is 0 Å². The van der Waals surface area contributed by atoms with Crippen LogP contribution in [0, 0.1) is 32.4 Å². The number of rotatable bonds is 3. The van der Waals surface area contributed by atoms with Crippen LogP contribution in [0.5, 0.6) is 0 Å². The van der Waals surface area contributed by atoms with E-state index in [1.54, 1.807) is 0 Å². The van der Waals surface area contributed by atoms with Gasteiger partial charge in [-0.05, 0) is 44.9 Å². The molecular formula is C15H15BrF2O. The molecule has 4 heteroatoms. The van der Waals surface area contributed by atoms with E-state index in [4.69, 9.17) is 4.42 Å². The normalized spacial score (nSPS) is 12.7. The first-order valence-corrected chi connectivity index (χ1v) is 6.96. The number of furan rings is 1. The molecule has 1 aromatic heterocycles. The Balaban J connectivity index is 2.33. The Bertz CT molecular complexity index is 584. The van der Waals surface area contributed by atoms with Crippen LogP contribution in [0.3, 0.4) is 0 Å². The minimum atomic E-state index is -0.514. The highest BCUT2D eigenvalue weighted by Gasteiger charge is 2.21. The Morgan fingerprint density at radius 3 is 2.16 bits per heavy atom. The van der Waals surface area contributed by atoms with Gasteiger partial charge in [0.15, 0.2) is 0 Å². The molecule has 1 atom stereocenters. The largest absolute Gasteiger partial charge is 0.466 e. The summed E-state index contributed by atoms with van der Waals surface area (Å²) in [6.07, 6.45) is 0.249. The monoisotopic (exact) mass is 328 g/mol. The molecule has 0 bridgehead atoms. The van der Waals surface area contributed by atoms with E-state index in [2.05, 4.69) is 15.9 Å². The number of hydrogen-bond acceptors (Lipinski definition) is 1. The van der Waals surface area contributed by atoms with Gasteiger partial charge >= 0.3 is 0 Å². The SMILES string of the molecule is Cc1oc(C)c(C(Br)Cc2c(F)cccc2F)c1C. The van der Waals surface area contributed by atoms with Crippen LogP contribution >= 0.6 is 15.9 Å². The molecule has 2 aromatic rings. The Hall–Kier alpha value is -1.16. The number of aryl methyl sites for hydroxylation is 2. The van der Waals surface area contributed by atoms with Crippen LogP contribution in [-0.2, 0) is 6.42 Å². The molecule has 1 nitrogen and oxygen atoms in total. The first-order valence-electron chi connectivity index (χ1n) is 6.05. The molecule has 19 heavy (non-hydrogen) atoms. The molecule has 0 aliphatic carbocycles. The zero-order valence-electron chi connectivity index (χ0n) is 11.1. The Kier molecular flexibility index (Phi) is 4.09. The quantitative estimate of drug-likeness (QED) is 0.709. The summed E-state index contributed by atoms with van der Waals surface area (Å²) >= 11 is 3.51. The average Bonchev–Trinajstić information content (AvgIpc) is 2.58. The summed E-state index contributed by atoms with van der Waals surface area (Å²) in [5.41, 5.74) is 2.10. The molecule has 0 radical (unpaired) electrons. The van der Waals surface area contributed by atoms with E-state index >= 15 is 0 Å². The van der Waals surface area contributed by atoms with Crippen molar-refractivity contribution in [3.8, 4) is 0 Å². The fourth-order valence-corrected chi connectivity index (χ4v) is 3.27. The molecule has 0 spiro atoms. The highest BCUT2D eigenvalue weighted by atomic mass is 79.9. The minimum absolute atomic E-state index is 0.0991. The van der Waals surface area contributed by atoms with Gasteiger partial charge < -0.3 is 4.42 Å². The molecule has 0 N–H and O–H groups in total. The van der Waals surface area contributed by atoms with Gasteiger partial charge in [0.1, 0.15) is 23.2 Å². The van der Waals surface area contributed by atoms with Crippen LogP contribution < -0.4 is 0 Å². The summed E-state index contributed by atoms with van der Waals surface area (Å²) in [4.78, 5) is -0.170. The van der Waals surface area contributed by atoms with Crippen LogP contribution in [0.1, 0.15) is 33.0 Å². The third kappa shape index (κ3) is 2.73. The predicted molar refractivity (Wildman–Crippen MR) is 74.6 cm³/mol. The molecule has 1 unspecified atom stereocenters. The summed E-state index contributed by atoms with van der Waals surface area (Å²) < 4.78 is 32.8. The van der Waals surface area contributed by atoms with E-state index in [9.17, 15) is 8.78 Å². The third-order valence-electron chi connectivity index (χ3n) is 3.38. The predicted octanol–water partition coefficient (Wildman–Crippen LogP) is 5.16.